The highest BCUT2D eigenvalue weighted by atomic mass is 35.5. The molecule has 7 amide bonds. The number of carbonyl (C=O) groups excluding carboxylic acids is 7. The molecular formula is C54H56Cl2N7O13P. The molecule has 20 nitrogen and oxygen atoms in total. The van der Waals surface area contributed by atoms with E-state index in [0.717, 1.165) is 16.5 Å². The largest absolute Gasteiger partial charge is 0.524 e. The molecule has 0 saturated heterocycles. The molecule has 5 aromatic carbocycles. The molecule has 0 aromatic heterocycles. The van der Waals surface area contributed by atoms with Gasteiger partial charge in [0.25, 0.3) is 0 Å². The Balaban J connectivity index is 0.778. The number of rotatable bonds is 21. The number of halogens is 2. The minimum absolute atomic E-state index is 0.0472. The summed E-state index contributed by atoms with van der Waals surface area (Å²) in [5.74, 6) is -0.578. The first-order valence-electron chi connectivity index (χ1n) is 25.1. The number of nitrogens with zero attached hydrogens (tertiary/aromatic N) is 4. The maximum atomic E-state index is 15.1. The lowest BCUT2D eigenvalue weighted by Gasteiger charge is -2.37. The average Bonchev–Trinajstić information content (AvgIpc) is 1.77. The normalized spacial score (nSPS) is 22.5. The van der Waals surface area contributed by atoms with Crippen molar-refractivity contribution >= 4 is 112 Å². The zero-order chi connectivity index (χ0) is 54.6. The first-order valence-corrected chi connectivity index (χ1v) is 27.7. The van der Waals surface area contributed by atoms with E-state index < -0.39 is 48.2 Å². The third-order valence-corrected chi connectivity index (χ3v) is 17.4. The van der Waals surface area contributed by atoms with E-state index in [4.69, 9.17) is 37.2 Å². The van der Waals surface area contributed by atoms with Crippen LogP contribution in [0.3, 0.4) is 0 Å². The van der Waals surface area contributed by atoms with Crippen LogP contribution in [0.1, 0.15) is 60.6 Å². The van der Waals surface area contributed by atoms with Crippen LogP contribution in [0.15, 0.2) is 84.9 Å². The lowest BCUT2D eigenvalue weighted by atomic mass is 9.72. The van der Waals surface area contributed by atoms with Gasteiger partial charge in [0.05, 0.1) is 22.2 Å². The van der Waals surface area contributed by atoms with Crippen molar-refractivity contribution in [2.75, 3.05) is 73.7 Å². The molecule has 3 saturated carbocycles. The Labute approximate surface area is 452 Å². The van der Waals surface area contributed by atoms with Crippen molar-refractivity contribution in [2.24, 2.45) is 16.2 Å². The quantitative estimate of drug-likeness (QED) is 0.0216. The number of benzene rings is 5. The van der Waals surface area contributed by atoms with Crippen molar-refractivity contribution in [3.05, 3.63) is 102 Å². The zero-order valence-electron chi connectivity index (χ0n) is 42.0. The van der Waals surface area contributed by atoms with Gasteiger partial charge in [0.15, 0.2) is 0 Å². The van der Waals surface area contributed by atoms with Gasteiger partial charge in [0.2, 0.25) is 30.5 Å². The fraction of sp³-hybridized carbons (Fsp3) is 0.389. The van der Waals surface area contributed by atoms with Crippen molar-refractivity contribution < 1.29 is 61.9 Å². The van der Waals surface area contributed by atoms with Crippen LogP contribution < -0.4 is 35.0 Å². The standard InChI is InChI=1S/C54H56Cl2N7O13P/c1-60(50(69)74-26-32-13-15-35(16-14-32)59-47(66)40(58-31-65)12-7-17-57-30-64)18-19-61(2)51(70)75-43-20-41-45(38-10-5-3-8-36(38)43)33(22-55)24-62(41)48(67)52-27-53(29-54(52,53)28-52)49(68)63-25-34(23-56)46-39-11-6-4-9-37(39)44(21-42(46)63)76-77(71,72)73/h3-6,8-11,13-16,20-21,30-31,33-34,40H,7,12,17-19,22-29H2,1-2H3,(H,57,64)(H,58,65)(H,59,66)(H2,71,72,73). The minimum atomic E-state index is -4.96. The summed E-state index contributed by atoms with van der Waals surface area (Å²) in [7, 11) is -1.89. The summed E-state index contributed by atoms with van der Waals surface area (Å²) < 4.78 is 28.8. The van der Waals surface area contributed by atoms with E-state index in [2.05, 4.69) is 16.0 Å². The molecule has 1 spiro atoms. The van der Waals surface area contributed by atoms with Gasteiger partial charge >= 0.3 is 20.0 Å². The predicted octanol–water partition coefficient (Wildman–Crippen LogP) is 6.95. The van der Waals surface area contributed by atoms with Crippen molar-refractivity contribution in [3.63, 3.8) is 0 Å². The molecule has 404 valence electrons. The van der Waals surface area contributed by atoms with Crippen LogP contribution in [0, 0.1) is 16.2 Å². The third kappa shape index (κ3) is 9.47. The summed E-state index contributed by atoms with van der Waals surface area (Å²) in [6, 6.07) is 23.6. The summed E-state index contributed by atoms with van der Waals surface area (Å²) in [5, 5.41) is 10.3. The van der Waals surface area contributed by atoms with Crippen LogP contribution in [0.4, 0.5) is 26.7 Å². The third-order valence-electron chi connectivity index (χ3n) is 16.2. The second-order valence-corrected chi connectivity index (χ2v) is 22.4. The maximum absolute atomic E-state index is 15.1. The van der Waals surface area contributed by atoms with Gasteiger partial charge in [-0.25, -0.2) is 14.2 Å². The van der Waals surface area contributed by atoms with Gasteiger partial charge in [-0.15, -0.1) is 23.2 Å². The van der Waals surface area contributed by atoms with E-state index >= 15 is 4.79 Å². The second-order valence-electron chi connectivity index (χ2n) is 20.6. The molecule has 3 aliphatic carbocycles. The molecule has 5 N–H and O–H groups in total. The highest BCUT2D eigenvalue weighted by Crippen LogP contribution is 3.01. The number of nitrogens with one attached hydrogen (secondary N) is 3. The number of phosphoric acid groups is 1. The highest BCUT2D eigenvalue weighted by Gasteiger charge is 3.01. The molecule has 10 rings (SSSR count). The van der Waals surface area contributed by atoms with Gasteiger partial charge in [-0.3, -0.25) is 33.8 Å². The number of carbonyl (C=O) groups is 7. The molecular weight excluding hydrogens is 1060 g/mol. The van der Waals surface area contributed by atoms with E-state index in [1.807, 2.05) is 36.4 Å². The Kier molecular flexibility index (Phi) is 14.4. The van der Waals surface area contributed by atoms with E-state index in [9.17, 15) is 43.1 Å². The Morgan fingerprint density at radius 2 is 1.29 bits per heavy atom. The molecule has 23 heteroatoms. The predicted molar refractivity (Wildman–Crippen MR) is 286 cm³/mol. The van der Waals surface area contributed by atoms with Crippen LogP contribution in [0.2, 0.25) is 0 Å². The van der Waals surface area contributed by atoms with Gasteiger partial charge in [-0.1, -0.05) is 60.7 Å². The number of alkyl halides is 2. The van der Waals surface area contributed by atoms with Crippen LogP contribution in [0.25, 0.3) is 21.5 Å². The molecule has 2 aliphatic heterocycles. The van der Waals surface area contributed by atoms with Crippen molar-refractivity contribution in [3.8, 4) is 11.5 Å². The molecule has 6 unspecified atom stereocenters. The molecule has 5 aromatic rings. The Morgan fingerprint density at radius 1 is 0.753 bits per heavy atom. The van der Waals surface area contributed by atoms with Crippen LogP contribution >= 0.6 is 31.0 Å². The molecule has 5 aliphatic rings. The monoisotopic (exact) mass is 1110 g/mol. The summed E-state index contributed by atoms with van der Waals surface area (Å²) in [4.78, 5) is 117. The number of hydrogen-bond acceptors (Lipinski definition) is 11. The van der Waals surface area contributed by atoms with E-state index in [1.54, 1.807) is 52.3 Å². The van der Waals surface area contributed by atoms with Crippen LogP contribution in [-0.4, -0.2) is 127 Å². The average molecular weight is 1110 g/mol. The van der Waals surface area contributed by atoms with Gasteiger partial charge in [0, 0.05) is 104 Å². The number of ether oxygens (including phenoxy) is 2. The van der Waals surface area contributed by atoms with Gasteiger partial charge < -0.3 is 49.5 Å². The fourth-order valence-electron chi connectivity index (χ4n) is 12.3. The van der Waals surface area contributed by atoms with E-state index in [0.29, 0.717) is 96.8 Å². The molecule has 3 fully saturated rings. The Morgan fingerprint density at radius 3 is 1.81 bits per heavy atom. The highest BCUT2D eigenvalue weighted by molar-refractivity contribution is 7.46. The van der Waals surface area contributed by atoms with Gasteiger partial charge in [-0.05, 0) is 71.7 Å². The lowest BCUT2D eigenvalue weighted by molar-refractivity contribution is -0.134. The van der Waals surface area contributed by atoms with Crippen molar-refractivity contribution in [1.82, 2.24) is 20.4 Å². The minimum Gasteiger partial charge on any atom is -0.445 e. The molecule has 2 heterocycles. The molecule has 77 heavy (non-hydrogen) atoms. The topological polar surface area (TPSA) is 254 Å². The molecule has 0 radical (unpaired) electrons. The number of hydrogen-bond donors (Lipinski definition) is 5. The zero-order valence-corrected chi connectivity index (χ0v) is 44.4. The first-order chi connectivity index (χ1) is 36.9. The van der Waals surface area contributed by atoms with Crippen molar-refractivity contribution in [2.45, 2.75) is 56.6 Å². The summed E-state index contributed by atoms with van der Waals surface area (Å²) in [6.45, 7) is 1.01. The molecule has 0 bridgehead atoms. The summed E-state index contributed by atoms with van der Waals surface area (Å²) in [6.07, 6.45) is 1.82. The lowest BCUT2D eigenvalue weighted by Crippen LogP contribution is -2.49. The van der Waals surface area contributed by atoms with Gasteiger partial charge in [-0.2, -0.15) is 0 Å². The van der Waals surface area contributed by atoms with Crippen LogP contribution in [-0.2, 0) is 39.9 Å². The Hall–Kier alpha value is -6.96. The fourth-order valence-corrected chi connectivity index (χ4v) is 13.2. The second kappa shape index (κ2) is 20.8. The number of phosphoric ester groups is 1. The maximum Gasteiger partial charge on any atom is 0.524 e. The first kappa shape index (κ1) is 53.4. The van der Waals surface area contributed by atoms with E-state index in [-0.39, 0.29) is 73.2 Å². The van der Waals surface area contributed by atoms with Gasteiger partial charge in [0.1, 0.15) is 24.1 Å². The SMILES string of the molecule is CN(CCN(C)C(=O)Oc1cc2c(c3ccccc13)C(CCl)CN2C(=O)C12CC3(C(=O)N4CC(CCl)c5c4cc(OP(=O)(O)O)c4ccccc54)CC13C2)C(=O)OCc1ccc(NC(=O)C(CCCNC=O)NC=O)cc1. The summed E-state index contributed by atoms with van der Waals surface area (Å²) in [5.41, 5.74) is 1.71. The summed E-state index contributed by atoms with van der Waals surface area (Å²) >= 11 is 13.2. The number of likely N-dealkylation sites (N-methyl/N-ethyl adjacent to an activating group) is 2. The van der Waals surface area contributed by atoms with Crippen LogP contribution in [0.5, 0.6) is 11.5 Å². The number of anilines is 3. The van der Waals surface area contributed by atoms with Crippen molar-refractivity contribution in [1.29, 1.82) is 0 Å². The Bertz CT molecular complexity index is 3290. The van der Waals surface area contributed by atoms with E-state index in [1.165, 1.54) is 30.0 Å². The molecule has 6 atom stereocenters. The number of fused-ring (bicyclic) bond motifs is 6. The smallest absolute Gasteiger partial charge is 0.445 e. The number of amides is 7.